The molecule has 7 heteroatoms. The molecule has 1 saturated carbocycles. The Bertz CT molecular complexity index is 716. The van der Waals surface area contributed by atoms with Crippen LogP contribution < -0.4 is 0 Å². The highest BCUT2D eigenvalue weighted by atomic mass is 35.5. The Morgan fingerprint density at radius 3 is 2.83 bits per heavy atom. The number of hydrogen-bond donors (Lipinski definition) is 1. The number of halogens is 3. The van der Waals surface area contributed by atoms with E-state index < -0.39 is 17.7 Å². The van der Waals surface area contributed by atoms with Gasteiger partial charge in [0.15, 0.2) is 16.8 Å². The van der Waals surface area contributed by atoms with Gasteiger partial charge in [0.05, 0.1) is 11.8 Å². The van der Waals surface area contributed by atoms with E-state index >= 15 is 0 Å². The molecule has 1 aliphatic carbocycles. The summed E-state index contributed by atoms with van der Waals surface area (Å²) in [6.07, 6.45) is 2.14. The van der Waals surface area contributed by atoms with Crippen molar-refractivity contribution >= 4 is 23.4 Å². The van der Waals surface area contributed by atoms with Crippen molar-refractivity contribution < 1.29 is 13.9 Å². The molecule has 0 radical (unpaired) electrons. The van der Waals surface area contributed by atoms with Crippen molar-refractivity contribution in [3.63, 3.8) is 0 Å². The summed E-state index contributed by atoms with van der Waals surface area (Å²) in [6, 6.07) is 5.73. The summed E-state index contributed by atoms with van der Waals surface area (Å²) in [5.41, 5.74) is 0.957. The third-order valence-corrected chi connectivity index (χ3v) is 5.03. The van der Waals surface area contributed by atoms with Crippen molar-refractivity contribution in [2.24, 2.45) is 0 Å². The highest BCUT2D eigenvalue weighted by Gasteiger charge is 2.28. The molecule has 2 aromatic rings. The number of hydrogen-bond acceptors (Lipinski definition) is 4. The molecule has 0 unspecified atom stereocenters. The Morgan fingerprint density at radius 1 is 1.26 bits per heavy atom. The van der Waals surface area contributed by atoms with Crippen molar-refractivity contribution in [1.29, 1.82) is 0 Å². The first-order chi connectivity index (χ1) is 11.0. The average molecular weight is 357 g/mol. The van der Waals surface area contributed by atoms with E-state index in [4.69, 9.17) is 11.6 Å². The standard InChI is InChI=1S/C16H15ClF2N2OS/c17-14-7-12(10-4-2-6-13(10)22)20-16(21-14)23-8-9-3-1-5-11(18)15(9)19/h1,3,5,7,10,13,22H,2,4,6,8H2/t10-,13+/m1/s1. The SMILES string of the molecule is O[C@H]1CCC[C@@H]1c1cc(Cl)nc(SCc2cccc(F)c2F)n1. The summed E-state index contributed by atoms with van der Waals surface area (Å²) < 4.78 is 26.9. The Balaban J connectivity index is 1.78. The van der Waals surface area contributed by atoms with Gasteiger partial charge in [-0.3, -0.25) is 0 Å². The third-order valence-electron chi connectivity index (χ3n) is 3.94. The number of benzene rings is 1. The Morgan fingerprint density at radius 2 is 2.09 bits per heavy atom. The molecule has 3 nitrogen and oxygen atoms in total. The molecule has 1 fully saturated rings. The van der Waals surface area contributed by atoms with E-state index in [1.165, 1.54) is 23.9 Å². The van der Waals surface area contributed by atoms with Gasteiger partial charge in [0, 0.05) is 17.2 Å². The second-order valence-corrected chi connectivity index (χ2v) is 6.83. The second-order valence-electron chi connectivity index (χ2n) is 5.50. The smallest absolute Gasteiger partial charge is 0.189 e. The maximum atomic E-state index is 13.7. The van der Waals surface area contributed by atoms with Gasteiger partial charge in [-0.05, 0) is 25.0 Å². The molecule has 1 aliphatic rings. The van der Waals surface area contributed by atoms with E-state index in [9.17, 15) is 13.9 Å². The van der Waals surface area contributed by atoms with Gasteiger partial charge in [0.1, 0.15) is 5.15 Å². The summed E-state index contributed by atoms with van der Waals surface area (Å²) in [5.74, 6) is -1.56. The highest BCUT2D eigenvalue weighted by Crippen LogP contribution is 2.35. The lowest BCUT2D eigenvalue weighted by Crippen LogP contribution is -2.13. The topological polar surface area (TPSA) is 46.0 Å². The predicted molar refractivity (Wildman–Crippen MR) is 85.6 cm³/mol. The van der Waals surface area contributed by atoms with E-state index in [-0.39, 0.29) is 22.4 Å². The zero-order chi connectivity index (χ0) is 16.4. The van der Waals surface area contributed by atoms with E-state index in [0.29, 0.717) is 10.9 Å². The predicted octanol–water partition coefficient (Wildman–Crippen LogP) is 4.33. The third kappa shape index (κ3) is 3.82. The van der Waals surface area contributed by atoms with Crippen LogP contribution in [0.4, 0.5) is 8.78 Å². The number of aromatic nitrogens is 2. The molecule has 1 aromatic carbocycles. The summed E-state index contributed by atoms with van der Waals surface area (Å²) in [5, 5.41) is 10.7. The van der Waals surface area contributed by atoms with Crippen molar-refractivity contribution in [1.82, 2.24) is 9.97 Å². The first-order valence-corrected chi connectivity index (χ1v) is 8.69. The van der Waals surface area contributed by atoms with Crippen LogP contribution in [0.3, 0.4) is 0 Å². The molecule has 1 heterocycles. The lowest BCUT2D eigenvalue weighted by Gasteiger charge is -2.14. The fourth-order valence-corrected chi connectivity index (χ4v) is 3.84. The van der Waals surface area contributed by atoms with Crippen LogP contribution in [0, 0.1) is 11.6 Å². The van der Waals surface area contributed by atoms with Gasteiger partial charge in [-0.1, -0.05) is 41.9 Å². The van der Waals surface area contributed by atoms with E-state index in [2.05, 4.69) is 9.97 Å². The molecular weight excluding hydrogens is 342 g/mol. The normalized spacial score (nSPS) is 20.9. The lowest BCUT2D eigenvalue weighted by molar-refractivity contribution is 0.162. The van der Waals surface area contributed by atoms with Crippen molar-refractivity contribution in [2.45, 2.75) is 42.2 Å². The molecule has 0 spiro atoms. The first kappa shape index (κ1) is 16.6. The van der Waals surface area contributed by atoms with Gasteiger partial charge in [-0.2, -0.15) is 0 Å². The fraction of sp³-hybridized carbons (Fsp3) is 0.375. The van der Waals surface area contributed by atoms with Gasteiger partial charge < -0.3 is 5.11 Å². The Labute approximate surface area is 142 Å². The van der Waals surface area contributed by atoms with Crippen molar-refractivity contribution in [3.8, 4) is 0 Å². The number of rotatable bonds is 4. The average Bonchev–Trinajstić information content (AvgIpc) is 2.94. The van der Waals surface area contributed by atoms with Gasteiger partial charge in [-0.15, -0.1) is 0 Å². The minimum Gasteiger partial charge on any atom is -0.392 e. The summed E-state index contributed by atoms with van der Waals surface area (Å²) >= 11 is 7.22. The van der Waals surface area contributed by atoms with Gasteiger partial charge in [0.2, 0.25) is 0 Å². The number of nitrogens with zero attached hydrogens (tertiary/aromatic N) is 2. The monoisotopic (exact) mass is 356 g/mol. The fourth-order valence-electron chi connectivity index (χ4n) is 2.76. The molecule has 0 aliphatic heterocycles. The van der Waals surface area contributed by atoms with E-state index in [1.54, 1.807) is 6.07 Å². The second kappa shape index (κ2) is 7.11. The van der Waals surface area contributed by atoms with Gasteiger partial charge in [0.25, 0.3) is 0 Å². The molecule has 2 atom stereocenters. The lowest BCUT2D eigenvalue weighted by atomic mass is 10.0. The molecule has 0 saturated heterocycles. The molecule has 23 heavy (non-hydrogen) atoms. The zero-order valence-electron chi connectivity index (χ0n) is 12.2. The Hall–Kier alpha value is -1.24. The maximum absolute atomic E-state index is 13.7. The highest BCUT2D eigenvalue weighted by molar-refractivity contribution is 7.98. The van der Waals surface area contributed by atoms with Gasteiger partial charge >= 0.3 is 0 Å². The van der Waals surface area contributed by atoms with Crippen LogP contribution in [0.5, 0.6) is 0 Å². The molecular formula is C16H15ClF2N2OS. The van der Waals surface area contributed by atoms with E-state index in [0.717, 1.165) is 25.3 Å². The van der Waals surface area contributed by atoms with Crippen LogP contribution >= 0.6 is 23.4 Å². The quantitative estimate of drug-likeness (QED) is 0.503. The summed E-state index contributed by atoms with van der Waals surface area (Å²) in [6.45, 7) is 0. The summed E-state index contributed by atoms with van der Waals surface area (Å²) in [7, 11) is 0. The van der Waals surface area contributed by atoms with Crippen molar-refractivity contribution in [2.75, 3.05) is 0 Å². The maximum Gasteiger partial charge on any atom is 0.189 e. The van der Waals surface area contributed by atoms with Crippen LogP contribution in [-0.2, 0) is 5.75 Å². The minimum atomic E-state index is -0.870. The molecule has 3 rings (SSSR count). The van der Waals surface area contributed by atoms with Crippen LogP contribution in [0.1, 0.15) is 36.4 Å². The van der Waals surface area contributed by atoms with E-state index in [1.807, 2.05) is 0 Å². The van der Waals surface area contributed by atoms with Crippen LogP contribution in [0.25, 0.3) is 0 Å². The molecule has 0 bridgehead atoms. The van der Waals surface area contributed by atoms with Gasteiger partial charge in [-0.25, -0.2) is 18.7 Å². The van der Waals surface area contributed by atoms with Crippen LogP contribution in [0.15, 0.2) is 29.4 Å². The number of aliphatic hydroxyl groups is 1. The molecule has 0 amide bonds. The number of aliphatic hydroxyl groups excluding tert-OH is 1. The molecule has 1 N–H and O–H groups in total. The summed E-state index contributed by atoms with van der Waals surface area (Å²) in [4.78, 5) is 8.54. The Kier molecular flexibility index (Phi) is 5.14. The van der Waals surface area contributed by atoms with Crippen molar-refractivity contribution in [3.05, 3.63) is 52.3 Å². The number of thioether (sulfide) groups is 1. The molecule has 1 aromatic heterocycles. The largest absolute Gasteiger partial charge is 0.392 e. The zero-order valence-corrected chi connectivity index (χ0v) is 13.7. The minimum absolute atomic E-state index is 0.0410. The first-order valence-electron chi connectivity index (χ1n) is 7.33. The van der Waals surface area contributed by atoms with Crippen LogP contribution in [-0.4, -0.2) is 21.2 Å². The molecule has 122 valence electrons. The van der Waals surface area contributed by atoms with Crippen LogP contribution in [0.2, 0.25) is 5.15 Å².